The number of ether oxygens (including phenoxy) is 1. The highest BCUT2D eigenvalue weighted by Crippen LogP contribution is 2.16. The van der Waals surface area contributed by atoms with Crippen LogP contribution in [-0.2, 0) is 16.1 Å². The summed E-state index contributed by atoms with van der Waals surface area (Å²) in [4.78, 5) is 24.8. The Labute approximate surface area is 156 Å². The molecule has 5 heteroatoms. The van der Waals surface area contributed by atoms with Crippen molar-refractivity contribution in [2.45, 2.75) is 13.5 Å². The van der Waals surface area contributed by atoms with E-state index in [1.54, 1.807) is 25.3 Å². The molecule has 0 N–H and O–H groups in total. The van der Waals surface area contributed by atoms with Crippen molar-refractivity contribution in [1.82, 2.24) is 4.57 Å². The number of fused-ring (bicyclic) bond motifs is 1. The van der Waals surface area contributed by atoms with Crippen LogP contribution in [0.5, 0.6) is 0 Å². The van der Waals surface area contributed by atoms with Gasteiger partial charge in [0.05, 0.1) is 12.1 Å². The van der Waals surface area contributed by atoms with Crippen LogP contribution in [0, 0.1) is 11.3 Å². The second-order valence-electron chi connectivity index (χ2n) is 5.93. The molecule has 134 valence electrons. The first-order chi connectivity index (χ1) is 13.1. The second kappa shape index (κ2) is 8.15. The fourth-order valence-electron chi connectivity index (χ4n) is 2.88. The third kappa shape index (κ3) is 3.96. The Balaban J connectivity index is 2.17. The molecule has 0 amide bonds. The van der Waals surface area contributed by atoms with Crippen LogP contribution in [-0.4, -0.2) is 17.1 Å². The molecule has 0 aliphatic heterocycles. The molecule has 1 heterocycles. The fraction of sp³-hybridized carbons (Fsp3) is 0.136. The third-order valence-electron chi connectivity index (χ3n) is 4.13. The van der Waals surface area contributed by atoms with Crippen LogP contribution in [0.15, 0.2) is 71.2 Å². The van der Waals surface area contributed by atoms with Crippen molar-refractivity contribution in [3.63, 3.8) is 0 Å². The Morgan fingerprint density at radius 3 is 2.56 bits per heavy atom. The predicted molar refractivity (Wildman–Crippen MR) is 104 cm³/mol. The number of hydrogen-bond donors (Lipinski definition) is 0. The Morgan fingerprint density at radius 2 is 1.85 bits per heavy atom. The maximum Gasteiger partial charge on any atom is 0.348 e. The van der Waals surface area contributed by atoms with Crippen LogP contribution in [0.4, 0.5) is 0 Å². The second-order valence-corrected chi connectivity index (χ2v) is 5.93. The number of rotatable bonds is 5. The highest BCUT2D eigenvalue weighted by molar-refractivity contribution is 5.98. The number of nitrogens with zero attached hydrogens (tertiary/aromatic N) is 2. The van der Waals surface area contributed by atoms with Gasteiger partial charge in [0.15, 0.2) is 5.43 Å². The van der Waals surface area contributed by atoms with Crippen LogP contribution in [0.1, 0.15) is 18.1 Å². The number of pyridine rings is 1. The third-order valence-corrected chi connectivity index (χ3v) is 4.13. The molecule has 5 nitrogen and oxygen atoms in total. The molecule has 0 bridgehead atoms. The lowest BCUT2D eigenvalue weighted by Crippen LogP contribution is -2.14. The lowest BCUT2D eigenvalue weighted by Gasteiger charge is -2.13. The molecule has 0 atom stereocenters. The Kier molecular flexibility index (Phi) is 5.48. The number of benzene rings is 2. The summed E-state index contributed by atoms with van der Waals surface area (Å²) in [6.07, 6.45) is 2.97. The van der Waals surface area contributed by atoms with Crippen molar-refractivity contribution < 1.29 is 9.53 Å². The van der Waals surface area contributed by atoms with Crippen molar-refractivity contribution in [2.75, 3.05) is 6.61 Å². The lowest BCUT2D eigenvalue weighted by atomic mass is 10.1. The van der Waals surface area contributed by atoms with Gasteiger partial charge in [-0.05, 0) is 30.7 Å². The topological polar surface area (TPSA) is 72.1 Å². The number of para-hydroxylation sites is 1. The van der Waals surface area contributed by atoms with Crippen LogP contribution >= 0.6 is 0 Å². The number of nitriles is 1. The number of carbonyl (C=O) groups excluding carboxylic acids is 1. The molecule has 0 unspecified atom stereocenters. The van der Waals surface area contributed by atoms with E-state index in [0.717, 1.165) is 11.1 Å². The van der Waals surface area contributed by atoms with Gasteiger partial charge in [-0.25, -0.2) is 4.79 Å². The van der Waals surface area contributed by atoms with Crippen molar-refractivity contribution in [3.05, 3.63) is 87.7 Å². The van der Waals surface area contributed by atoms with Gasteiger partial charge in [0.2, 0.25) is 0 Å². The number of hydrogen-bond acceptors (Lipinski definition) is 4. The SMILES string of the molecule is CCOC(=O)/C(C#N)=C/c1cn(Cc2ccccc2)c2ccccc2c1=O. The molecule has 0 spiro atoms. The molecular weight excluding hydrogens is 340 g/mol. The number of aromatic nitrogens is 1. The molecule has 0 radical (unpaired) electrons. The van der Waals surface area contributed by atoms with Crippen molar-refractivity contribution in [3.8, 4) is 6.07 Å². The number of carbonyl (C=O) groups is 1. The van der Waals surface area contributed by atoms with Gasteiger partial charge in [-0.2, -0.15) is 5.26 Å². The molecule has 27 heavy (non-hydrogen) atoms. The van der Waals surface area contributed by atoms with Gasteiger partial charge in [0, 0.05) is 23.7 Å². The average Bonchev–Trinajstić information content (AvgIpc) is 2.70. The standard InChI is InChI=1S/C22H18N2O3/c1-2-27-22(26)17(13-23)12-18-15-24(14-16-8-4-3-5-9-16)20-11-7-6-10-19(20)21(18)25/h3-12,15H,2,14H2,1H3/b17-12+. The zero-order valence-electron chi connectivity index (χ0n) is 14.9. The van der Waals surface area contributed by atoms with E-state index in [1.807, 2.05) is 53.1 Å². The predicted octanol–water partition coefficient (Wildman–Crippen LogP) is 3.52. The van der Waals surface area contributed by atoms with Crippen molar-refractivity contribution in [2.24, 2.45) is 0 Å². The fourth-order valence-corrected chi connectivity index (χ4v) is 2.88. The highest BCUT2D eigenvalue weighted by Gasteiger charge is 2.13. The van der Waals surface area contributed by atoms with E-state index in [1.165, 1.54) is 6.08 Å². The van der Waals surface area contributed by atoms with Gasteiger partial charge in [-0.1, -0.05) is 42.5 Å². The highest BCUT2D eigenvalue weighted by atomic mass is 16.5. The van der Waals surface area contributed by atoms with Crippen LogP contribution in [0.3, 0.4) is 0 Å². The maximum absolute atomic E-state index is 12.8. The minimum Gasteiger partial charge on any atom is -0.462 e. The summed E-state index contributed by atoms with van der Waals surface area (Å²) in [7, 11) is 0. The largest absolute Gasteiger partial charge is 0.462 e. The Hall–Kier alpha value is -3.65. The van der Waals surface area contributed by atoms with Crippen molar-refractivity contribution >= 4 is 22.9 Å². The molecule has 1 aromatic heterocycles. The quantitative estimate of drug-likeness (QED) is 0.397. The molecule has 3 rings (SSSR count). The van der Waals surface area contributed by atoms with Crippen LogP contribution < -0.4 is 5.43 Å². The first kappa shape index (κ1) is 18.2. The van der Waals surface area contributed by atoms with E-state index in [0.29, 0.717) is 11.9 Å². The molecular formula is C22H18N2O3. The first-order valence-corrected chi connectivity index (χ1v) is 8.59. The summed E-state index contributed by atoms with van der Waals surface area (Å²) in [5.74, 6) is -0.734. The zero-order chi connectivity index (χ0) is 19.2. The molecule has 0 aliphatic carbocycles. The summed E-state index contributed by atoms with van der Waals surface area (Å²) in [5, 5.41) is 9.80. The normalized spacial score (nSPS) is 11.2. The van der Waals surface area contributed by atoms with Gasteiger partial charge in [-0.3, -0.25) is 4.79 Å². The number of esters is 1. The van der Waals surface area contributed by atoms with Gasteiger partial charge < -0.3 is 9.30 Å². The van der Waals surface area contributed by atoms with E-state index in [-0.39, 0.29) is 23.2 Å². The van der Waals surface area contributed by atoms with E-state index in [2.05, 4.69) is 0 Å². The summed E-state index contributed by atoms with van der Waals surface area (Å²) in [5.41, 5.74) is 1.71. The molecule has 0 aliphatic rings. The first-order valence-electron chi connectivity index (χ1n) is 8.59. The van der Waals surface area contributed by atoms with Crippen molar-refractivity contribution in [1.29, 1.82) is 5.26 Å². The molecule has 0 saturated carbocycles. The monoisotopic (exact) mass is 358 g/mol. The Bertz CT molecular complexity index is 1110. The van der Waals surface area contributed by atoms with E-state index in [9.17, 15) is 14.9 Å². The van der Waals surface area contributed by atoms with Crippen LogP contribution in [0.2, 0.25) is 0 Å². The molecule has 2 aromatic carbocycles. The van der Waals surface area contributed by atoms with E-state index >= 15 is 0 Å². The molecule has 0 fully saturated rings. The summed E-state index contributed by atoms with van der Waals surface area (Å²) in [6.45, 7) is 2.38. The van der Waals surface area contributed by atoms with Gasteiger partial charge in [0.25, 0.3) is 0 Å². The maximum atomic E-state index is 12.8. The Morgan fingerprint density at radius 1 is 1.15 bits per heavy atom. The van der Waals surface area contributed by atoms with E-state index in [4.69, 9.17) is 4.74 Å². The van der Waals surface area contributed by atoms with Gasteiger partial charge in [-0.15, -0.1) is 0 Å². The summed E-state index contributed by atoms with van der Waals surface area (Å²) >= 11 is 0. The summed E-state index contributed by atoms with van der Waals surface area (Å²) < 4.78 is 6.82. The van der Waals surface area contributed by atoms with Crippen LogP contribution in [0.25, 0.3) is 17.0 Å². The molecule has 0 saturated heterocycles. The smallest absolute Gasteiger partial charge is 0.348 e. The van der Waals surface area contributed by atoms with Gasteiger partial charge >= 0.3 is 5.97 Å². The minimum atomic E-state index is -0.734. The van der Waals surface area contributed by atoms with E-state index < -0.39 is 5.97 Å². The summed E-state index contributed by atoms with van der Waals surface area (Å²) in [6, 6.07) is 19.0. The van der Waals surface area contributed by atoms with Gasteiger partial charge in [0.1, 0.15) is 11.6 Å². The zero-order valence-corrected chi connectivity index (χ0v) is 14.9. The minimum absolute atomic E-state index is 0.161. The lowest BCUT2D eigenvalue weighted by molar-refractivity contribution is -0.137. The molecule has 3 aromatic rings. The average molecular weight is 358 g/mol.